The van der Waals surface area contributed by atoms with Gasteiger partial charge in [0.15, 0.2) is 5.96 Å². The topological polar surface area (TPSA) is 59.6 Å². The fourth-order valence-corrected chi connectivity index (χ4v) is 2.81. The van der Waals surface area contributed by atoms with Crippen molar-refractivity contribution in [1.82, 2.24) is 5.32 Å². The maximum Gasteiger partial charge on any atom is 0.188 e. The third-order valence-electron chi connectivity index (χ3n) is 3.01. The second-order valence-corrected chi connectivity index (χ2v) is 6.11. The fourth-order valence-electron chi connectivity index (χ4n) is 1.94. The highest BCUT2D eigenvalue weighted by molar-refractivity contribution is 14.0. The number of hydrogen-bond donors (Lipinski definition) is 2. The van der Waals surface area contributed by atoms with Crippen LogP contribution < -0.4 is 15.8 Å². The van der Waals surface area contributed by atoms with Crippen LogP contribution in [0.1, 0.15) is 17.4 Å². The van der Waals surface area contributed by atoms with Crippen LogP contribution in [0.4, 0.5) is 0 Å². The highest BCUT2D eigenvalue weighted by atomic mass is 127. The van der Waals surface area contributed by atoms with Crippen molar-refractivity contribution in [3.63, 3.8) is 0 Å². The summed E-state index contributed by atoms with van der Waals surface area (Å²) < 4.78 is 5.57. The lowest BCUT2D eigenvalue weighted by Crippen LogP contribution is -2.33. The first-order valence-corrected chi connectivity index (χ1v) is 8.42. The van der Waals surface area contributed by atoms with Crippen LogP contribution >= 0.6 is 46.9 Å². The first kappa shape index (κ1) is 20.1. The minimum absolute atomic E-state index is 0. The van der Waals surface area contributed by atoms with Crippen molar-refractivity contribution < 1.29 is 4.74 Å². The van der Waals surface area contributed by atoms with Gasteiger partial charge in [-0.3, -0.25) is 0 Å². The number of halogens is 2. The molecule has 0 spiro atoms. The number of thiophene rings is 1. The molecule has 23 heavy (non-hydrogen) atoms. The highest BCUT2D eigenvalue weighted by Gasteiger charge is 2.04. The first-order chi connectivity index (χ1) is 10.7. The van der Waals surface area contributed by atoms with E-state index in [4.69, 9.17) is 22.1 Å². The van der Waals surface area contributed by atoms with E-state index < -0.39 is 0 Å². The second kappa shape index (κ2) is 10.7. The Hall–Kier alpha value is -0.990. The molecule has 2 aromatic rings. The number of rotatable bonds is 7. The van der Waals surface area contributed by atoms with E-state index in [0.29, 0.717) is 24.1 Å². The van der Waals surface area contributed by atoms with E-state index in [2.05, 4.69) is 21.8 Å². The molecule has 2 rings (SSSR count). The molecule has 1 aromatic heterocycles. The van der Waals surface area contributed by atoms with Gasteiger partial charge in [0.05, 0.1) is 13.2 Å². The lowest BCUT2D eigenvalue weighted by atomic mass is 10.2. The quantitative estimate of drug-likeness (QED) is 0.368. The minimum atomic E-state index is 0. The molecule has 7 heteroatoms. The average Bonchev–Trinajstić information content (AvgIpc) is 3.00. The molecule has 0 aliphatic heterocycles. The maximum absolute atomic E-state index is 5.98. The summed E-state index contributed by atoms with van der Waals surface area (Å²) in [5, 5.41) is 5.84. The highest BCUT2D eigenvalue weighted by Crippen LogP contribution is 2.24. The molecule has 1 heterocycles. The first-order valence-electron chi connectivity index (χ1n) is 7.16. The molecular formula is C16H21ClIN3OS. The molecule has 126 valence electrons. The number of nitrogens with two attached hydrogens (primary N) is 1. The number of aliphatic imine (C=N–C) groups is 1. The third kappa shape index (κ3) is 6.97. The Kier molecular flexibility index (Phi) is 9.35. The van der Waals surface area contributed by atoms with Crippen LogP contribution in [-0.4, -0.2) is 19.1 Å². The summed E-state index contributed by atoms with van der Waals surface area (Å²) in [6.07, 6.45) is 0.943. The summed E-state index contributed by atoms with van der Waals surface area (Å²) in [6, 6.07) is 9.70. The van der Waals surface area contributed by atoms with Crippen molar-refractivity contribution in [2.75, 3.05) is 13.2 Å². The normalized spacial score (nSPS) is 11.0. The monoisotopic (exact) mass is 465 g/mol. The van der Waals surface area contributed by atoms with Crippen molar-refractivity contribution in [2.24, 2.45) is 10.7 Å². The van der Waals surface area contributed by atoms with Crippen LogP contribution in [0.2, 0.25) is 5.02 Å². The Morgan fingerprint density at radius 2 is 2.22 bits per heavy atom. The lowest BCUT2D eigenvalue weighted by molar-refractivity contribution is 0.336. The zero-order valence-corrected chi connectivity index (χ0v) is 16.8. The van der Waals surface area contributed by atoms with E-state index in [1.54, 1.807) is 17.4 Å². The molecule has 0 atom stereocenters. The SMILES string of the molecule is CCOc1cc(Cl)ccc1CN=C(N)NCCc1cccs1.I. The second-order valence-electron chi connectivity index (χ2n) is 4.64. The van der Waals surface area contributed by atoms with Crippen LogP contribution in [0.25, 0.3) is 0 Å². The van der Waals surface area contributed by atoms with Gasteiger partial charge in [-0.05, 0) is 36.9 Å². The summed E-state index contributed by atoms with van der Waals surface area (Å²) in [4.78, 5) is 5.68. The van der Waals surface area contributed by atoms with Gasteiger partial charge in [-0.25, -0.2) is 4.99 Å². The van der Waals surface area contributed by atoms with Crippen LogP contribution in [0.15, 0.2) is 40.7 Å². The molecule has 1 aromatic carbocycles. The standard InChI is InChI=1S/C16H20ClN3OS.HI/c1-2-21-15-10-13(17)6-5-12(15)11-20-16(18)19-8-7-14-4-3-9-22-14;/h3-6,9-10H,2,7-8,11H2,1H3,(H3,18,19,20);1H. The largest absolute Gasteiger partial charge is 0.493 e. The van der Waals surface area contributed by atoms with Crippen LogP contribution in [0, 0.1) is 0 Å². The molecule has 0 amide bonds. The van der Waals surface area contributed by atoms with Gasteiger partial charge in [-0.2, -0.15) is 0 Å². The zero-order valence-electron chi connectivity index (χ0n) is 12.9. The van der Waals surface area contributed by atoms with Crippen molar-refractivity contribution >= 4 is 52.9 Å². The maximum atomic E-state index is 5.98. The Morgan fingerprint density at radius 1 is 1.39 bits per heavy atom. The molecule has 0 unspecified atom stereocenters. The number of nitrogens with one attached hydrogen (secondary N) is 1. The summed E-state index contributed by atoms with van der Waals surface area (Å²) in [7, 11) is 0. The molecule has 0 aliphatic rings. The number of nitrogens with zero attached hydrogens (tertiary/aromatic N) is 1. The Balaban J connectivity index is 0.00000264. The summed E-state index contributed by atoms with van der Waals surface area (Å²) >= 11 is 7.72. The molecule has 0 saturated carbocycles. The zero-order chi connectivity index (χ0) is 15.8. The molecule has 0 bridgehead atoms. The Morgan fingerprint density at radius 3 is 2.91 bits per heavy atom. The number of ether oxygens (including phenoxy) is 1. The molecular weight excluding hydrogens is 445 g/mol. The molecule has 0 radical (unpaired) electrons. The van der Waals surface area contributed by atoms with Gasteiger partial charge in [0.25, 0.3) is 0 Å². The van der Waals surface area contributed by atoms with Crippen LogP contribution in [-0.2, 0) is 13.0 Å². The van der Waals surface area contributed by atoms with E-state index in [1.165, 1.54) is 4.88 Å². The van der Waals surface area contributed by atoms with Crippen LogP contribution in [0.5, 0.6) is 5.75 Å². The molecule has 0 fully saturated rings. The third-order valence-corrected chi connectivity index (χ3v) is 4.18. The smallest absolute Gasteiger partial charge is 0.188 e. The van der Waals surface area contributed by atoms with Crippen molar-refractivity contribution in [3.8, 4) is 5.75 Å². The van der Waals surface area contributed by atoms with Crippen molar-refractivity contribution in [1.29, 1.82) is 0 Å². The minimum Gasteiger partial charge on any atom is -0.493 e. The van der Waals surface area contributed by atoms with Gasteiger partial charge < -0.3 is 15.8 Å². The van der Waals surface area contributed by atoms with Crippen LogP contribution in [0.3, 0.4) is 0 Å². The van der Waals surface area contributed by atoms with Gasteiger partial charge in [0.1, 0.15) is 5.75 Å². The molecule has 4 nitrogen and oxygen atoms in total. The average molecular weight is 466 g/mol. The molecule has 3 N–H and O–H groups in total. The van der Waals surface area contributed by atoms with Gasteiger partial charge >= 0.3 is 0 Å². The Bertz CT molecular complexity index is 620. The molecule has 0 aliphatic carbocycles. The summed E-state index contributed by atoms with van der Waals surface area (Å²) in [5.74, 6) is 1.19. The van der Waals surface area contributed by atoms with Crippen molar-refractivity contribution in [2.45, 2.75) is 19.9 Å². The summed E-state index contributed by atoms with van der Waals surface area (Å²) in [5.41, 5.74) is 6.86. The van der Waals surface area contributed by atoms with Gasteiger partial charge in [-0.1, -0.05) is 23.7 Å². The van der Waals surface area contributed by atoms with Gasteiger partial charge in [-0.15, -0.1) is 35.3 Å². The van der Waals surface area contributed by atoms with Gasteiger partial charge in [0, 0.05) is 22.0 Å². The van der Waals surface area contributed by atoms with E-state index in [9.17, 15) is 0 Å². The fraction of sp³-hybridized carbons (Fsp3) is 0.312. The van der Waals surface area contributed by atoms with E-state index in [-0.39, 0.29) is 24.0 Å². The van der Waals surface area contributed by atoms with Gasteiger partial charge in [0.2, 0.25) is 0 Å². The number of hydrogen-bond acceptors (Lipinski definition) is 3. The number of benzene rings is 1. The number of guanidine groups is 1. The van der Waals surface area contributed by atoms with Crippen molar-refractivity contribution in [3.05, 3.63) is 51.2 Å². The van der Waals surface area contributed by atoms with E-state index >= 15 is 0 Å². The van der Waals surface area contributed by atoms with E-state index in [1.807, 2.05) is 25.1 Å². The summed E-state index contributed by atoms with van der Waals surface area (Å²) in [6.45, 7) is 3.76. The predicted octanol–water partition coefficient (Wildman–Crippen LogP) is 4.07. The molecule has 0 saturated heterocycles. The Labute approximate surface area is 163 Å². The predicted molar refractivity (Wildman–Crippen MR) is 109 cm³/mol. The van der Waals surface area contributed by atoms with E-state index in [0.717, 1.165) is 24.3 Å². The lowest BCUT2D eigenvalue weighted by Gasteiger charge is -2.10.